The van der Waals surface area contributed by atoms with Crippen molar-refractivity contribution in [1.29, 1.82) is 0 Å². The summed E-state index contributed by atoms with van der Waals surface area (Å²) in [7, 11) is 0. The average Bonchev–Trinajstić information content (AvgIpc) is 3.13. The molecule has 168 valence electrons. The van der Waals surface area contributed by atoms with Crippen LogP contribution in [0.15, 0.2) is 90.6 Å². The highest BCUT2D eigenvalue weighted by Crippen LogP contribution is 2.56. The fourth-order valence-corrected chi connectivity index (χ4v) is 4.74. The van der Waals surface area contributed by atoms with Gasteiger partial charge in [0.15, 0.2) is 5.60 Å². The fraction of sp³-hybridized carbons (Fsp3) is 0.250. The zero-order chi connectivity index (χ0) is 23.2. The largest absolute Gasteiger partial charge is 0.283 e. The molecule has 33 heavy (non-hydrogen) atoms. The lowest BCUT2D eigenvalue weighted by atomic mass is 9.92. The van der Waals surface area contributed by atoms with Crippen LogP contribution in [-0.4, -0.2) is 21.6 Å². The van der Waals surface area contributed by atoms with Crippen LogP contribution in [-0.2, 0) is 26.7 Å². The Balaban J connectivity index is 1.77. The summed E-state index contributed by atoms with van der Waals surface area (Å²) < 4.78 is 0. The second-order valence-corrected chi connectivity index (χ2v) is 8.95. The minimum Gasteiger partial charge on any atom is -0.269 e. The smallest absolute Gasteiger partial charge is 0.269 e. The van der Waals surface area contributed by atoms with E-state index in [1.807, 2.05) is 79.6 Å². The predicted octanol–water partition coefficient (Wildman–Crippen LogP) is 5.78. The van der Waals surface area contributed by atoms with Crippen molar-refractivity contribution < 1.29 is 14.5 Å². The molecule has 1 spiro atoms. The molecule has 5 nitrogen and oxygen atoms in total. The van der Waals surface area contributed by atoms with Gasteiger partial charge in [-0.25, -0.2) is 5.06 Å². The van der Waals surface area contributed by atoms with E-state index in [9.17, 15) is 4.79 Å². The minimum absolute atomic E-state index is 0.231. The molecule has 0 bridgehead atoms. The number of rotatable bonds is 4. The lowest BCUT2D eigenvalue weighted by Gasteiger charge is -2.55. The molecule has 1 amide bonds. The maximum absolute atomic E-state index is 13.9. The Bertz CT molecular complexity index is 1190. The van der Waals surface area contributed by atoms with Crippen molar-refractivity contribution in [2.45, 2.75) is 45.6 Å². The molecule has 0 atom stereocenters. The summed E-state index contributed by atoms with van der Waals surface area (Å²) >= 11 is 0. The first-order valence-corrected chi connectivity index (χ1v) is 11.2. The topological polar surface area (TPSA) is 42.0 Å². The molecule has 0 unspecified atom stereocenters. The van der Waals surface area contributed by atoms with E-state index in [1.54, 1.807) is 18.9 Å². The number of carbonyl (C=O) groups excluding carboxylic acids is 1. The molecule has 5 rings (SSSR count). The molecule has 0 saturated carbocycles. The number of allylic oxidation sites excluding steroid dienone is 2. The molecule has 3 aromatic carbocycles. The lowest BCUT2D eigenvalue weighted by molar-refractivity contribution is -0.373. The van der Waals surface area contributed by atoms with Gasteiger partial charge in [0.25, 0.3) is 5.91 Å². The molecular weight excluding hydrogens is 412 g/mol. The highest BCUT2D eigenvalue weighted by atomic mass is 16.8. The van der Waals surface area contributed by atoms with Crippen molar-refractivity contribution >= 4 is 5.91 Å². The van der Waals surface area contributed by atoms with Crippen LogP contribution in [0.25, 0.3) is 11.1 Å². The summed E-state index contributed by atoms with van der Waals surface area (Å²) in [5, 5.41) is 3.39. The van der Waals surface area contributed by atoms with Gasteiger partial charge in [-0.15, -0.1) is 0 Å². The number of carbonyl (C=O) groups is 1. The van der Waals surface area contributed by atoms with Crippen LogP contribution in [0.3, 0.4) is 0 Å². The summed E-state index contributed by atoms with van der Waals surface area (Å²) in [5.41, 5.74) is 3.68. The summed E-state index contributed by atoms with van der Waals surface area (Å²) in [6.07, 6.45) is 1.99. The minimum atomic E-state index is -1.11. The van der Waals surface area contributed by atoms with Crippen molar-refractivity contribution in [3.05, 3.63) is 107 Å². The van der Waals surface area contributed by atoms with Crippen LogP contribution in [0.4, 0.5) is 0 Å². The van der Waals surface area contributed by atoms with Crippen LogP contribution >= 0.6 is 0 Å². The second-order valence-electron chi connectivity index (χ2n) is 8.95. The summed E-state index contributed by atoms with van der Waals surface area (Å²) in [5.74, 6) is -0.231. The van der Waals surface area contributed by atoms with Gasteiger partial charge in [-0.3, -0.25) is 14.5 Å². The normalized spacial score (nSPS) is 18.4. The molecule has 1 aliphatic heterocycles. The fourth-order valence-electron chi connectivity index (χ4n) is 4.74. The number of hydrogen-bond donors (Lipinski definition) is 0. The Morgan fingerprint density at radius 2 is 1.45 bits per heavy atom. The molecule has 0 aromatic heterocycles. The van der Waals surface area contributed by atoms with Crippen LogP contribution in [0, 0.1) is 0 Å². The van der Waals surface area contributed by atoms with Crippen molar-refractivity contribution in [3.63, 3.8) is 0 Å². The van der Waals surface area contributed by atoms with Gasteiger partial charge in [-0.2, -0.15) is 5.06 Å². The Morgan fingerprint density at radius 1 is 0.909 bits per heavy atom. The van der Waals surface area contributed by atoms with E-state index in [0.29, 0.717) is 0 Å². The first-order valence-electron chi connectivity index (χ1n) is 11.2. The molecule has 0 N–H and O–H groups in total. The predicted molar refractivity (Wildman–Crippen MR) is 127 cm³/mol. The van der Waals surface area contributed by atoms with Gasteiger partial charge in [0.1, 0.15) is 6.61 Å². The van der Waals surface area contributed by atoms with Crippen LogP contribution in [0.1, 0.15) is 44.4 Å². The zero-order valence-corrected chi connectivity index (χ0v) is 19.4. The Morgan fingerprint density at radius 3 is 2.03 bits per heavy atom. The quantitative estimate of drug-likeness (QED) is 0.516. The van der Waals surface area contributed by atoms with Crippen molar-refractivity contribution in [2.75, 3.05) is 0 Å². The van der Waals surface area contributed by atoms with Gasteiger partial charge in [-0.1, -0.05) is 84.9 Å². The number of fused-ring (bicyclic) bond motifs is 5. The van der Waals surface area contributed by atoms with Crippen LogP contribution in [0.5, 0.6) is 0 Å². The molecule has 1 aliphatic carbocycles. The van der Waals surface area contributed by atoms with Gasteiger partial charge in [0.05, 0.1) is 0 Å². The Labute approximate surface area is 194 Å². The molecule has 1 heterocycles. The Hall–Kier alpha value is -3.41. The van der Waals surface area contributed by atoms with E-state index in [1.165, 1.54) is 0 Å². The number of hydroxylamine groups is 4. The average molecular weight is 441 g/mol. The summed E-state index contributed by atoms with van der Waals surface area (Å²) in [4.78, 5) is 26.8. The van der Waals surface area contributed by atoms with Gasteiger partial charge in [0, 0.05) is 16.8 Å². The molecular formula is C28H28N2O3. The third-order valence-corrected chi connectivity index (χ3v) is 6.44. The van der Waals surface area contributed by atoms with Crippen LogP contribution in [0.2, 0.25) is 0 Å². The standard InChI is InChI=1S/C28H28N2O3/c1-5-20(2)29-28(24-17-11-9-15-22(24)23-16-10-12-18-25(23)28)30(26(31)27(3,4)33-29)32-19-21-13-7-6-8-14-21/h5-18H,19H2,1-4H3/b20-5+. The highest BCUT2D eigenvalue weighted by molar-refractivity contribution is 5.89. The van der Waals surface area contributed by atoms with Gasteiger partial charge < -0.3 is 0 Å². The van der Waals surface area contributed by atoms with Gasteiger partial charge in [-0.05, 0) is 44.4 Å². The lowest BCUT2D eigenvalue weighted by Crippen LogP contribution is -2.69. The molecule has 3 aromatic rings. The van der Waals surface area contributed by atoms with Gasteiger partial charge in [0.2, 0.25) is 5.66 Å². The molecule has 1 fully saturated rings. The van der Waals surface area contributed by atoms with Crippen molar-refractivity contribution in [1.82, 2.24) is 10.1 Å². The number of benzene rings is 3. The maximum atomic E-state index is 13.9. The third-order valence-electron chi connectivity index (χ3n) is 6.44. The highest BCUT2D eigenvalue weighted by Gasteiger charge is 2.62. The number of hydrogen-bond acceptors (Lipinski definition) is 4. The summed E-state index contributed by atoms with van der Waals surface area (Å²) in [6.45, 7) is 7.79. The Kier molecular flexibility index (Phi) is 5.11. The van der Waals surface area contributed by atoms with E-state index in [0.717, 1.165) is 33.5 Å². The van der Waals surface area contributed by atoms with E-state index in [2.05, 4.69) is 24.3 Å². The second kappa shape index (κ2) is 7.87. The van der Waals surface area contributed by atoms with Crippen LogP contribution < -0.4 is 0 Å². The van der Waals surface area contributed by atoms with E-state index in [4.69, 9.17) is 9.68 Å². The monoisotopic (exact) mass is 440 g/mol. The van der Waals surface area contributed by atoms with E-state index >= 15 is 0 Å². The third kappa shape index (κ3) is 3.11. The summed E-state index contributed by atoms with van der Waals surface area (Å²) in [6, 6.07) is 26.2. The molecule has 1 saturated heterocycles. The SMILES string of the molecule is C/C=C(\C)N1OC(C)(C)C(=O)N(OCc2ccccc2)C12c1ccccc1-c1ccccc12. The number of amides is 1. The molecule has 2 aliphatic rings. The van der Waals surface area contributed by atoms with Crippen molar-refractivity contribution in [3.8, 4) is 11.1 Å². The van der Waals surface area contributed by atoms with E-state index in [-0.39, 0.29) is 12.5 Å². The van der Waals surface area contributed by atoms with E-state index < -0.39 is 11.3 Å². The van der Waals surface area contributed by atoms with Crippen molar-refractivity contribution in [2.24, 2.45) is 0 Å². The maximum Gasteiger partial charge on any atom is 0.283 e. The first kappa shape index (κ1) is 21.4. The molecule has 0 radical (unpaired) electrons. The number of nitrogens with zero attached hydrogens (tertiary/aromatic N) is 2. The zero-order valence-electron chi connectivity index (χ0n) is 19.4. The first-order chi connectivity index (χ1) is 15.9. The van der Waals surface area contributed by atoms with Gasteiger partial charge >= 0.3 is 0 Å². The molecule has 5 heteroatoms.